The molecule has 0 radical (unpaired) electrons. The third kappa shape index (κ3) is 5.11. The summed E-state index contributed by atoms with van der Waals surface area (Å²) in [4.78, 5) is 38.7. The Labute approximate surface area is 190 Å². The summed E-state index contributed by atoms with van der Waals surface area (Å²) >= 11 is 0. The molecule has 2 aromatic heterocycles. The molecule has 2 aromatic rings. The van der Waals surface area contributed by atoms with E-state index in [0.29, 0.717) is 30.1 Å². The highest BCUT2D eigenvalue weighted by molar-refractivity contribution is 5.79. The summed E-state index contributed by atoms with van der Waals surface area (Å²) in [6.07, 6.45) is 10.8. The number of piperidine rings is 1. The third-order valence-electron chi connectivity index (χ3n) is 7.16. The molecule has 4 rings (SSSR count). The third-order valence-corrected chi connectivity index (χ3v) is 7.16. The maximum absolute atomic E-state index is 12.8. The van der Waals surface area contributed by atoms with Gasteiger partial charge in [-0.15, -0.1) is 0 Å². The van der Waals surface area contributed by atoms with E-state index in [9.17, 15) is 9.59 Å². The number of aryl methyl sites for hydroxylation is 1. The molecule has 1 aliphatic heterocycles. The molecule has 0 bridgehead atoms. The Kier molecular flexibility index (Phi) is 7.40. The molecule has 174 valence electrons. The van der Waals surface area contributed by atoms with Gasteiger partial charge in [-0.25, -0.2) is 9.97 Å². The molecule has 1 saturated carbocycles. The van der Waals surface area contributed by atoms with Gasteiger partial charge in [-0.1, -0.05) is 19.3 Å². The number of hydrogen-bond donors (Lipinski definition) is 1. The van der Waals surface area contributed by atoms with Crippen LogP contribution in [0.2, 0.25) is 0 Å². The molecule has 0 atom stereocenters. The van der Waals surface area contributed by atoms with Crippen molar-refractivity contribution in [2.24, 2.45) is 13.0 Å². The van der Waals surface area contributed by atoms with Crippen LogP contribution in [0.3, 0.4) is 0 Å². The Morgan fingerprint density at radius 2 is 1.94 bits per heavy atom. The predicted molar refractivity (Wildman–Crippen MR) is 127 cm³/mol. The highest BCUT2D eigenvalue weighted by Gasteiger charge is 2.27. The standard InChI is InChI=1S/C24H36N6O2/c1-28(19-8-4-3-5-9-19)15-7-14-26-23(31)18-11-16-30(17-12-18)22-24(32)29(2)21-20(27-22)10-6-13-25-21/h6,10,13,18-19H,3-5,7-9,11-12,14-17H2,1-2H3,(H,26,31). The van der Waals surface area contributed by atoms with Gasteiger partial charge in [-0.05, 0) is 57.8 Å². The SMILES string of the molecule is CN(CCCNC(=O)C1CCN(c2nc3cccnc3n(C)c2=O)CC1)C1CCCCC1. The first kappa shape index (κ1) is 22.7. The van der Waals surface area contributed by atoms with E-state index < -0.39 is 0 Å². The zero-order valence-electron chi connectivity index (χ0n) is 19.4. The van der Waals surface area contributed by atoms with Gasteiger partial charge in [0.1, 0.15) is 5.52 Å². The van der Waals surface area contributed by atoms with Crippen molar-refractivity contribution in [2.45, 2.75) is 57.4 Å². The Bertz CT molecular complexity index is 976. The molecule has 3 heterocycles. The minimum Gasteiger partial charge on any atom is -0.356 e. The molecule has 0 aromatic carbocycles. The second-order valence-electron chi connectivity index (χ2n) is 9.32. The molecule has 2 fully saturated rings. The molecular formula is C24H36N6O2. The van der Waals surface area contributed by atoms with Crippen molar-refractivity contribution in [3.8, 4) is 0 Å². The van der Waals surface area contributed by atoms with E-state index in [1.165, 1.54) is 32.1 Å². The highest BCUT2D eigenvalue weighted by Crippen LogP contribution is 2.22. The highest BCUT2D eigenvalue weighted by atomic mass is 16.2. The molecule has 1 amide bonds. The van der Waals surface area contributed by atoms with E-state index in [1.807, 2.05) is 17.0 Å². The molecule has 8 nitrogen and oxygen atoms in total. The van der Waals surface area contributed by atoms with Crippen LogP contribution in [-0.4, -0.2) is 64.6 Å². The molecule has 2 aliphatic rings. The lowest BCUT2D eigenvalue weighted by Gasteiger charge is -2.32. The average Bonchev–Trinajstić information content (AvgIpc) is 2.84. The van der Waals surface area contributed by atoms with Crippen molar-refractivity contribution in [1.29, 1.82) is 0 Å². The Balaban J connectivity index is 1.24. The van der Waals surface area contributed by atoms with Gasteiger partial charge in [0, 0.05) is 44.8 Å². The number of nitrogens with zero attached hydrogens (tertiary/aromatic N) is 5. The topological polar surface area (TPSA) is 83.4 Å². The fraction of sp³-hybridized carbons (Fsp3) is 0.667. The second kappa shape index (κ2) is 10.4. The van der Waals surface area contributed by atoms with Crippen LogP contribution >= 0.6 is 0 Å². The molecule has 1 saturated heterocycles. The van der Waals surface area contributed by atoms with E-state index in [4.69, 9.17) is 0 Å². The normalized spacial score (nSPS) is 18.4. The van der Waals surface area contributed by atoms with Crippen LogP contribution in [-0.2, 0) is 11.8 Å². The summed E-state index contributed by atoms with van der Waals surface area (Å²) in [5.41, 5.74) is 1.16. The van der Waals surface area contributed by atoms with Gasteiger partial charge >= 0.3 is 0 Å². The van der Waals surface area contributed by atoms with Crippen molar-refractivity contribution in [3.05, 3.63) is 28.7 Å². The number of carbonyl (C=O) groups excluding carboxylic acids is 1. The monoisotopic (exact) mass is 440 g/mol. The van der Waals surface area contributed by atoms with Crippen molar-refractivity contribution in [2.75, 3.05) is 38.1 Å². The van der Waals surface area contributed by atoms with Crippen LogP contribution < -0.4 is 15.8 Å². The van der Waals surface area contributed by atoms with Crippen LogP contribution in [0.15, 0.2) is 23.1 Å². The number of hydrogen-bond acceptors (Lipinski definition) is 6. The number of fused-ring (bicyclic) bond motifs is 1. The maximum atomic E-state index is 12.8. The Morgan fingerprint density at radius 3 is 2.69 bits per heavy atom. The van der Waals surface area contributed by atoms with Gasteiger partial charge in [-0.2, -0.15) is 0 Å². The lowest BCUT2D eigenvalue weighted by atomic mass is 9.94. The number of aromatic nitrogens is 3. The van der Waals surface area contributed by atoms with Crippen molar-refractivity contribution < 1.29 is 4.79 Å². The number of rotatable bonds is 7. The van der Waals surface area contributed by atoms with Gasteiger partial charge in [0.05, 0.1) is 0 Å². The van der Waals surface area contributed by atoms with Crippen LogP contribution in [0, 0.1) is 5.92 Å². The lowest BCUT2D eigenvalue weighted by molar-refractivity contribution is -0.125. The smallest absolute Gasteiger partial charge is 0.294 e. The van der Waals surface area contributed by atoms with Crippen LogP contribution in [0.5, 0.6) is 0 Å². The Morgan fingerprint density at radius 1 is 1.19 bits per heavy atom. The van der Waals surface area contributed by atoms with E-state index >= 15 is 0 Å². The lowest BCUT2D eigenvalue weighted by Crippen LogP contribution is -2.43. The van der Waals surface area contributed by atoms with Crippen LogP contribution in [0.4, 0.5) is 5.82 Å². The van der Waals surface area contributed by atoms with Crippen LogP contribution in [0.25, 0.3) is 11.2 Å². The second-order valence-corrected chi connectivity index (χ2v) is 9.32. The molecule has 32 heavy (non-hydrogen) atoms. The van der Waals surface area contributed by atoms with E-state index in [0.717, 1.165) is 38.4 Å². The number of carbonyl (C=O) groups is 1. The number of amides is 1. The van der Waals surface area contributed by atoms with Crippen LogP contribution in [0.1, 0.15) is 51.4 Å². The summed E-state index contributed by atoms with van der Waals surface area (Å²) in [6.45, 7) is 3.10. The minimum absolute atomic E-state index is 0.00768. The van der Waals surface area contributed by atoms with Gasteiger partial charge < -0.3 is 15.1 Å². The zero-order valence-corrected chi connectivity index (χ0v) is 19.4. The van der Waals surface area contributed by atoms with Gasteiger partial charge in [0.25, 0.3) is 5.56 Å². The summed E-state index contributed by atoms with van der Waals surface area (Å²) < 4.78 is 1.56. The van der Waals surface area contributed by atoms with Gasteiger partial charge in [-0.3, -0.25) is 14.2 Å². The molecule has 1 aliphatic carbocycles. The summed E-state index contributed by atoms with van der Waals surface area (Å²) in [7, 11) is 3.95. The first-order valence-corrected chi connectivity index (χ1v) is 12.1. The van der Waals surface area contributed by atoms with E-state index in [1.54, 1.807) is 17.8 Å². The predicted octanol–water partition coefficient (Wildman–Crippen LogP) is 2.32. The first-order chi connectivity index (χ1) is 15.5. The quantitative estimate of drug-likeness (QED) is 0.666. The van der Waals surface area contributed by atoms with Gasteiger partial charge in [0.15, 0.2) is 11.5 Å². The number of pyridine rings is 1. The average molecular weight is 441 g/mol. The maximum Gasteiger partial charge on any atom is 0.294 e. The number of anilines is 1. The largest absolute Gasteiger partial charge is 0.356 e. The Hall–Kier alpha value is -2.48. The minimum atomic E-state index is -0.138. The molecule has 1 N–H and O–H groups in total. The summed E-state index contributed by atoms with van der Waals surface area (Å²) in [5.74, 6) is 0.611. The van der Waals surface area contributed by atoms with Crippen molar-refractivity contribution in [1.82, 2.24) is 24.8 Å². The van der Waals surface area contributed by atoms with Crippen molar-refractivity contribution >= 4 is 22.9 Å². The van der Waals surface area contributed by atoms with E-state index in [-0.39, 0.29) is 17.4 Å². The summed E-state index contributed by atoms with van der Waals surface area (Å²) in [6, 6.07) is 4.42. The molecular weight excluding hydrogens is 404 g/mol. The molecule has 0 unspecified atom stereocenters. The molecule has 8 heteroatoms. The van der Waals surface area contributed by atoms with Gasteiger partial charge in [0.2, 0.25) is 5.91 Å². The van der Waals surface area contributed by atoms with Crippen molar-refractivity contribution in [3.63, 3.8) is 0 Å². The molecule has 0 spiro atoms. The fourth-order valence-corrected chi connectivity index (χ4v) is 5.09. The summed E-state index contributed by atoms with van der Waals surface area (Å²) in [5, 5.41) is 3.14. The number of nitrogens with one attached hydrogen (secondary N) is 1. The fourth-order valence-electron chi connectivity index (χ4n) is 5.09. The van der Waals surface area contributed by atoms with E-state index in [2.05, 4.69) is 27.2 Å². The first-order valence-electron chi connectivity index (χ1n) is 12.1. The zero-order chi connectivity index (χ0) is 22.5.